The van der Waals surface area contributed by atoms with E-state index in [-0.39, 0.29) is 6.04 Å². The monoisotopic (exact) mass is 225 g/mol. The molecule has 0 heterocycles. The maximum absolute atomic E-state index is 6.08. The zero-order valence-corrected chi connectivity index (χ0v) is 10.5. The van der Waals surface area contributed by atoms with E-state index in [9.17, 15) is 0 Å². The summed E-state index contributed by atoms with van der Waals surface area (Å²) in [5.74, 6) is 0.660. The summed E-state index contributed by atoms with van der Waals surface area (Å²) in [4.78, 5) is 0. The topological polar surface area (TPSA) is 26.0 Å². The fourth-order valence-corrected chi connectivity index (χ4v) is 2.09. The summed E-state index contributed by atoms with van der Waals surface area (Å²) >= 11 is 5.91. The molecular weight excluding hydrogens is 206 g/mol. The third-order valence-electron chi connectivity index (χ3n) is 2.56. The largest absolute Gasteiger partial charge is 0.327 e. The standard InChI is InChI=1S/C13H20ClN/c1-9(2)6-13(15)8-11-4-5-12(14)7-10(11)3/h4-5,7,9,13H,6,8,15H2,1-3H3. The van der Waals surface area contributed by atoms with Crippen molar-refractivity contribution in [1.29, 1.82) is 0 Å². The van der Waals surface area contributed by atoms with Crippen molar-refractivity contribution in [2.45, 2.75) is 39.7 Å². The highest BCUT2D eigenvalue weighted by Crippen LogP contribution is 2.17. The number of hydrogen-bond acceptors (Lipinski definition) is 1. The van der Waals surface area contributed by atoms with Crippen LogP contribution in [0.4, 0.5) is 0 Å². The highest BCUT2D eigenvalue weighted by atomic mass is 35.5. The molecule has 1 rings (SSSR count). The van der Waals surface area contributed by atoms with Crippen molar-refractivity contribution in [2.24, 2.45) is 11.7 Å². The Morgan fingerprint density at radius 2 is 2.00 bits per heavy atom. The zero-order valence-electron chi connectivity index (χ0n) is 9.76. The van der Waals surface area contributed by atoms with Gasteiger partial charge in [0.1, 0.15) is 0 Å². The van der Waals surface area contributed by atoms with E-state index in [0.717, 1.165) is 17.9 Å². The summed E-state index contributed by atoms with van der Waals surface area (Å²) < 4.78 is 0. The van der Waals surface area contributed by atoms with E-state index in [1.54, 1.807) is 0 Å². The highest BCUT2D eigenvalue weighted by Gasteiger charge is 2.08. The van der Waals surface area contributed by atoms with Gasteiger partial charge in [-0.15, -0.1) is 0 Å². The van der Waals surface area contributed by atoms with Crippen LogP contribution in [0.1, 0.15) is 31.4 Å². The van der Waals surface area contributed by atoms with Crippen LogP contribution in [-0.4, -0.2) is 6.04 Å². The second-order valence-electron chi connectivity index (χ2n) is 4.66. The summed E-state index contributed by atoms with van der Waals surface area (Å²) in [7, 11) is 0. The first kappa shape index (κ1) is 12.5. The normalized spacial score (nSPS) is 13.2. The van der Waals surface area contributed by atoms with Gasteiger partial charge in [0.05, 0.1) is 0 Å². The SMILES string of the molecule is Cc1cc(Cl)ccc1CC(N)CC(C)C. The Morgan fingerprint density at radius 3 is 2.53 bits per heavy atom. The number of nitrogens with two attached hydrogens (primary N) is 1. The first-order valence-corrected chi connectivity index (χ1v) is 5.87. The summed E-state index contributed by atoms with van der Waals surface area (Å²) in [6, 6.07) is 6.27. The van der Waals surface area contributed by atoms with E-state index >= 15 is 0 Å². The van der Waals surface area contributed by atoms with Crippen molar-refractivity contribution in [1.82, 2.24) is 0 Å². The van der Waals surface area contributed by atoms with Crippen molar-refractivity contribution < 1.29 is 0 Å². The highest BCUT2D eigenvalue weighted by molar-refractivity contribution is 6.30. The van der Waals surface area contributed by atoms with E-state index in [1.807, 2.05) is 12.1 Å². The Morgan fingerprint density at radius 1 is 1.33 bits per heavy atom. The lowest BCUT2D eigenvalue weighted by atomic mass is 9.96. The van der Waals surface area contributed by atoms with Crippen LogP contribution in [0.2, 0.25) is 5.02 Å². The van der Waals surface area contributed by atoms with Crippen LogP contribution >= 0.6 is 11.6 Å². The lowest BCUT2D eigenvalue weighted by Gasteiger charge is -2.15. The maximum Gasteiger partial charge on any atom is 0.0408 e. The van der Waals surface area contributed by atoms with E-state index in [2.05, 4.69) is 26.8 Å². The molecule has 1 unspecified atom stereocenters. The fraction of sp³-hybridized carbons (Fsp3) is 0.538. The predicted octanol–water partition coefficient (Wildman–Crippen LogP) is 3.56. The van der Waals surface area contributed by atoms with Crippen LogP contribution in [0, 0.1) is 12.8 Å². The van der Waals surface area contributed by atoms with Gasteiger partial charge in [-0.2, -0.15) is 0 Å². The number of hydrogen-bond donors (Lipinski definition) is 1. The molecule has 0 aliphatic heterocycles. The molecule has 0 saturated carbocycles. The molecule has 0 radical (unpaired) electrons. The molecule has 2 N–H and O–H groups in total. The predicted molar refractivity (Wildman–Crippen MR) is 67.3 cm³/mol. The summed E-state index contributed by atoms with van der Waals surface area (Å²) in [5.41, 5.74) is 8.63. The van der Waals surface area contributed by atoms with E-state index in [0.29, 0.717) is 5.92 Å². The molecule has 0 aliphatic rings. The molecule has 0 bridgehead atoms. The van der Waals surface area contributed by atoms with Gasteiger partial charge in [0, 0.05) is 11.1 Å². The molecule has 0 fully saturated rings. The smallest absolute Gasteiger partial charge is 0.0408 e. The molecular formula is C13H20ClN. The van der Waals surface area contributed by atoms with Crippen molar-refractivity contribution in [3.63, 3.8) is 0 Å². The van der Waals surface area contributed by atoms with Crippen LogP contribution in [-0.2, 0) is 6.42 Å². The molecule has 1 atom stereocenters. The minimum atomic E-state index is 0.255. The molecule has 1 nitrogen and oxygen atoms in total. The van der Waals surface area contributed by atoms with E-state index in [1.165, 1.54) is 11.1 Å². The van der Waals surface area contributed by atoms with Crippen LogP contribution in [0.3, 0.4) is 0 Å². The molecule has 0 aliphatic carbocycles. The van der Waals surface area contributed by atoms with Gasteiger partial charge < -0.3 is 5.73 Å². The van der Waals surface area contributed by atoms with Crippen LogP contribution in [0.25, 0.3) is 0 Å². The fourth-order valence-electron chi connectivity index (χ4n) is 1.86. The van der Waals surface area contributed by atoms with E-state index in [4.69, 9.17) is 17.3 Å². The van der Waals surface area contributed by atoms with Gasteiger partial charge in [-0.1, -0.05) is 31.5 Å². The third-order valence-corrected chi connectivity index (χ3v) is 2.80. The van der Waals surface area contributed by atoms with Gasteiger partial charge in [0.2, 0.25) is 0 Å². The Bertz CT molecular complexity index is 320. The van der Waals surface area contributed by atoms with Crippen molar-refractivity contribution in [3.8, 4) is 0 Å². The first-order valence-electron chi connectivity index (χ1n) is 5.49. The average Bonchev–Trinajstić information content (AvgIpc) is 2.08. The Hall–Kier alpha value is -0.530. The Labute approximate surface area is 97.6 Å². The molecule has 0 aromatic heterocycles. The van der Waals surface area contributed by atoms with Gasteiger partial charge in [0.15, 0.2) is 0 Å². The van der Waals surface area contributed by atoms with Gasteiger partial charge in [0.25, 0.3) is 0 Å². The first-order chi connectivity index (χ1) is 6.99. The number of benzene rings is 1. The van der Waals surface area contributed by atoms with Crippen molar-refractivity contribution >= 4 is 11.6 Å². The molecule has 1 aromatic rings. The molecule has 0 spiro atoms. The zero-order chi connectivity index (χ0) is 11.4. The number of rotatable bonds is 4. The molecule has 84 valence electrons. The molecule has 0 saturated heterocycles. The lowest BCUT2D eigenvalue weighted by Crippen LogP contribution is -2.25. The van der Waals surface area contributed by atoms with Crippen LogP contribution in [0.15, 0.2) is 18.2 Å². The van der Waals surface area contributed by atoms with Gasteiger partial charge in [-0.05, 0) is 48.9 Å². The van der Waals surface area contributed by atoms with E-state index < -0.39 is 0 Å². The summed E-state index contributed by atoms with van der Waals surface area (Å²) in [6.45, 7) is 6.49. The number of halogens is 1. The Balaban J connectivity index is 2.64. The molecule has 2 heteroatoms. The van der Waals surface area contributed by atoms with Gasteiger partial charge >= 0.3 is 0 Å². The minimum absolute atomic E-state index is 0.255. The number of aryl methyl sites for hydroxylation is 1. The quantitative estimate of drug-likeness (QED) is 0.833. The van der Waals surface area contributed by atoms with Gasteiger partial charge in [-0.25, -0.2) is 0 Å². The molecule has 0 amide bonds. The van der Waals surface area contributed by atoms with Crippen molar-refractivity contribution in [3.05, 3.63) is 34.3 Å². The summed E-state index contributed by atoms with van der Waals surface area (Å²) in [6.07, 6.45) is 2.02. The summed E-state index contributed by atoms with van der Waals surface area (Å²) in [5, 5.41) is 0.800. The van der Waals surface area contributed by atoms with Crippen LogP contribution in [0.5, 0.6) is 0 Å². The molecule has 15 heavy (non-hydrogen) atoms. The Kier molecular flexibility index (Phi) is 4.62. The van der Waals surface area contributed by atoms with Crippen LogP contribution < -0.4 is 5.73 Å². The lowest BCUT2D eigenvalue weighted by molar-refractivity contribution is 0.493. The average molecular weight is 226 g/mol. The van der Waals surface area contributed by atoms with Crippen molar-refractivity contribution in [2.75, 3.05) is 0 Å². The molecule has 1 aromatic carbocycles. The second kappa shape index (κ2) is 5.53. The maximum atomic E-state index is 6.08. The minimum Gasteiger partial charge on any atom is -0.327 e. The third kappa shape index (κ3) is 4.23. The second-order valence-corrected chi connectivity index (χ2v) is 5.10. The van der Waals surface area contributed by atoms with Gasteiger partial charge in [-0.3, -0.25) is 0 Å².